The molecule has 0 bridgehead atoms. The topological polar surface area (TPSA) is 70.6 Å². The van der Waals surface area contributed by atoms with Crippen molar-refractivity contribution in [2.75, 3.05) is 19.8 Å². The van der Waals surface area contributed by atoms with Crippen LogP contribution in [0.1, 0.15) is 52.4 Å². The molecule has 2 unspecified atom stereocenters. The van der Waals surface area contributed by atoms with Crippen molar-refractivity contribution < 1.29 is 14.6 Å². The van der Waals surface area contributed by atoms with Gasteiger partial charge in [0.2, 0.25) is 0 Å². The van der Waals surface area contributed by atoms with Gasteiger partial charge in [-0.25, -0.2) is 4.79 Å². The molecule has 1 fully saturated rings. The lowest BCUT2D eigenvalue weighted by Gasteiger charge is -2.32. The van der Waals surface area contributed by atoms with Crippen LogP contribution < -0.4 is 10.6 Å². The standard InChI is InChI=1S/C15H30N2O3/c1-12(2)8-11-20-14-7-4-3-6-13(14)17-15(19)16-9-5-10-18/h12-14,18H,3-11H2,1-2H3,(H2,16,17,19). The molecule has 5 nitrogen and oxygen atoms in total. The highest BCUT2D eigenvalue weighted by Crippen LogP contribution is 2.21. The molecular formula is C15H30N2O3. The number of hydrogen-bond acceptors (Lipinski definition) is 3. The van der Waals surface area contributed by atoms with Crippen molar-refractivity contribution in [3.63, 3.8) is 0 Å². The Balaban J connectivity index is 2.29. The smallest absolute Gasteiger partial charge is 0.315 e. The molecule has 0 heterocycles. The van der Waals surface area contributed by atoms with E-state index in [1.165, 1.54) is 6.42 Å². The summed E-state index contributed by atoms with van der Waals surface area (Å²) in [5, 5.41) is 14.5. The molecule has 2 atom stereocenters. The van der Waals surface area contributed by atoms with Gasteiger partial charge in [-0.15, -0.1) is 0 Å². The summed E-state index contributed by atoms with van der Waals surface area (Å²) in [7, 11) is 0. The van der Waals surface area contributed by atoms with E-state index in [1.807, 2.05) is 0 Å². The van der Waals surface area contributed by atoms with Crippen LogP contribution in [0.2, 0.25) is 0 Å². The van der Waals surface area contributed by atoms with E-state index < -0.39 is 0 Å². The zero-order valence-corrected chi connectivity index (χ0v) is 12.9. The summed E-state index contributed by atoms with van der Waals surface area (Å²) in [6.45, 7) is 5.76. The van der Waals surface area contributed by atoms with Gasteiger partial charge in [-0.3, -0.25) is 0 Å². The van der Waals surface area contributed by atoms with E-state index >= 15 is 0 Å². The van der Waals surface area contributed by atoms with Gasteiger partial charge in [0.05, 0.1) is 12.1 Å². The van der Waals surface area contributed by atoms with Crippen LogP contribution >= 0.6 is 0 Å². The number of hydrogen-bond donors (Lipinski definition) is 3. The molecule has 118 valence electrons. The number of carbonyl (C=O) groups is 1. The van der Waals surface area contributed by atoms with Gasteiger partial charge in [-0.1, -0.05) is 26.7 Å². The van der Waals surface area contributed by atoms with E-state index in [0.29, 0.717) is 18.9 Å². The lowest BCUT2D eigenvalue weighted by molar-refractivity contribution is 0.00340. The molecule has 0 radical (unpaired) electrons. The second kappa shape index (κ2) is 10.00. The molecule has 5 heteroatoms. The number of carbonyl (C=O) groups excluding carboxylic acids is 1. The number of amides is 2. The van der Waals surface area contributed by atoms with Crippen molar-refractivity contribution in [3.05, 3.63) is 0 Å². The van der Waals surface area contributed by atoms with Crippen molar-refractivity contribution in [2.45, 2.75) is 64.5 Å². The minimum Gasteiger partial charge on any atom is -0.396 e. The van der Waals surface area contributed by atoms with Crippen LogP contribution in [-0.2, 0) is 4.74 Å². The Morgan fingerprint density at radius 2 is 2.10 bits per heavy atom. The molecule has 0 saturated heterocycles. The van der Waals surface area contributed by atoms with Gasteiger partial charge in [0.25, 0.3) is 0 Å². The summed E-state index contributed by atoms with van der Waals surface area (Å²) in [6.07, 6.45) is 6.13. The Morgan fingerprint density at radius 1 is 1.35 bits per heavy atom. The maximum atomic E-state index is 11.8. The van der Waals surface area contributed by atoms with Gasteiger partial charge in [0.15, 0.2) is 0 Å². The number of ether oxygens (including phenoxy) is 1. The molecule has 1 saturated carbocycles. The SMILES string of the molecule is CC(C)CCOC1CCCCC1NC(=O)NCCCO. The fourth-order valence-corrected chi connectivity index (χ4v) is 2.42. The van der Waals surface area contributed by atoms with Crippen molar-refractivity contribution in [1.29, 1.82) is 0 Å². The van der Waals surface area contributed by atoms with Crippen LogP contribution in [0.15, 0.2) is 0 Å². The summed E-state index contributed by atoms with van der Waals surface area (Å²) in [5.41, 5.74) is 0. The number of aliphatic hydroxyl groups excluding tert-OH is 1. The average Bonchev–Trinajstić information content (AvgIpc) is 2.40. The molecule has 1 rings (SSSR count). The molecular weight excluding hydrogens is 256 g/mol. The number of rotatable bonds is 8. The average molecular weight is 286 g/mol. The summed E-state index contributed by atoms with van der Waals surface area (Å²) in [6, 6.07) is -0.0344. The fraction of sp³-hybridized carbons (Fsp3) is 0.933. The summed E-state index contributed by atoms with van der Waals surface area (Å²) >= 11 is 0. The van der Waals surface area contributed by atoms with Gasteiger partial charge in [0.1, 0.15) is 0 Å². The van der Waals surface area contributed by atoms with Crippen LogP contribution in [-0.4, -0.2) is 43.0 Å². The second-order valence-electron chi connectivity index (χ2n) is 5.96. The minimum absolute atomic E-state index is 0.102. The Labute approximate surface area is 122 Å². The van der Waals surface area contributed by atoms with E-state index in [-0.39, 0.29) is 24.8 Å². The van der Waals surface area contributed by atoms with Crippen molar-refractivity contribution in [3.8, 4) is 0 Å². The largest absolute Gasteiger partial charge is 0.396 e. The van der Waals surface area contributed by atoms with Crippen molar-refractivity contribution in [1.82, 2.24) is 10.6 Å². The number of urea groups is 1. The summed E-state index contributed by atoms with van der Waals surface area (Å²) in [4.78, 5) is 11.8. The Hall–Kier alpha value is -0.810. The van der Waals surface area contributed by atoms with Crippen LogP contribution in [0.5, 0.6) is 0 Å². The third kappa shape index (κ3) is 7.10. The molecule has 2 amide bonds. The van der Waals surface area contributed by atoms with E-state index in [4.69, 9.17) is 9.84 Å². The van der Waals surface area contributed by atoms with E-state index in [9.17, 15) is 4.79 Å². The van der Waals surface area contributed by atoms with Crippen molar-refractivity contribution in [2.24, 2.45) is 5.92 Å². The Morgan fingerprint density at radius 3 is 2.80 bits per heavy atom. The minimum atomic E-state index is -0.150. The summed E-state index contributed by atoms with van der Waals surface area (Å²) < 4.78 is 5.95. The first-order valence-corrected chi connectivity index (χ1v) is 7.90. The van der Waals surface area contributed by atoms with E-state index in [1.54, 1.807) is 0 Å². The first-order chi connectivity index (χ1) is 9.63. The summed E-state index contributed by atoms with van der Waals surface area (Å²) in [5.74, 6) is 0.645. The van der Waals surface area contributed by atoms with Crippen LogP contribution in [0.3, 0.4) is 0 Å². The van der Waals surface area contributed by atoms with Gasteiger partial charge < -0.3 is 20.5 Å². The molecule has 0 spiro atoms. The number of nitrogens with one attached hydrogen (secondary N) is 2. The fourth-order valence-electron chi connectivity index (χ4n) is 2.42. The second-order valence-corrected chi connectivity index (χ2v) is 5.96. The first-order valence-electron chi connectivity index (χ1n) is 7.90. The normalized spacial score (nSPS) is 22.8. The van der Waals surface area contributed by atoms with Gasteiger partial charge in [-0.05, 0) is 31.6 Å². The Kier molecular flexibility index (Phi) is 8.62. The van der Waals surface area contributed by atoms with Crippen molar-refractivity contribution >= 4 is 6.03 Å². The molecule has 20 heavy (non-hydrogen) atoms. The molecule has 1 aliphatic carbocycles. The Bertz CT molecular complexity index is 272. The predicted octanol–water partition coefficient (Wildman–Crippen LogP) is 2.04. The third-order valence-corrected chi connectivity index (χ3v) is 3.67. The quantitative estimate of drug-likeness (QED) is 0.598. The zero-order chi connectivity index (χ0) is 14.8. The van der Waals surface area contributed by atoms with Gasteiger partial charge in [0, 0.05) is 19.8 Å². The van der Waals surface area contributed by atoms with Gasteiger partial charge in [-0.2, -0.15) is 0 Å². The van der Waals surface area contributed by atoms with Crippen LogP contribution in [0.4, 0.5) is 4.79 Å². The molecule has 1 aliphatic rings. The molecule has 3 N–H and O–H groups in total. The first kappa shape index (κ1) is 17.2. The van der Waals surface area contributed by atoms with E-state index in [0.717, 1.165) is 32.3 Å². The maximum absolute atomic E-state index is 11.8. The molecule has 0 aromatic rings. The highest BCUT2D eigenvalue weighted by Gasteiger charge is 2.27. The lowest BCUT2D eigenvalue weighted by Crippen LogP contribution is -2.50. The molecule has 0 aromatic heterocycles. The lowest BCUT2D eigenvalue weighted by atomic mass is 9.92. The van der Waals surface area contributed by atoms with E-state index in [2.05, 4.69) is 24.5 Å². The maximum Gasteiger partial charge on any atom is 0.315 e. The number of aliphatic hydroxyl groups is 1. The molecule has 0 aromatic carbocycles. The molecule has 0 aliphatic heterocycles. The predicted molar refractivity (Wildman–Crippen MR) is 79.7 cm³/mol. The third-order valence-electron chi connectivity index (χ3n) is 3.67. The highest BCUT2D eigenvalue weighted by atomic mass is 16.5. The zero-order valence-electron chi connectivity index (χ0n) is 12.9. The van der Waals surface area contributed by atoms with Crippen LogP contribution in [0.25, 0.3) is 0 Å². The van der Waals surface area contributed by atoms with Crippen LogP contribution in [0, 0.1) is 5.92 Å². The highest BCUT2D eigenvalue weighted by molar-refractivity contribution is 5.74. The van der Waals surface area contributed by atoms with Gasteiger partial charge >= 0.3 is 6.03 Å². The monoisotopic (exact) mass is 286 g/mol.